The van der Waals surface area contributed by atoms with Crippen molar-refractivity contribution in [2.75, 3.05) is 29.2 Å². The van der Waals surface area contributed by atoms with Crippen LogP contribution in [-0.2, 0) is 22.6 Å². The van der Waals surface area contributed by atoms with Crippen LogP contribution < -0.4 is 29.1 Å². The average Bonchev–Trinajstić information content (AvgIpc) is 3.70. The monoisotopic (exact) mass is 779 g/mol. The number of benzene rings is 2. The van der Waals surface area contributed by atoms with E-state index < -0.39 is 51.7 Å². The van der Waals surface area contributed by atoms with E-state index in [1.165, 1.54) is 46.7 Å². The molecule has 0 saturated carbocycles. The number of nitrogens with zero attached hydrogens (tertiary/aromatic N) is 4. The number of fused-ring (bicyclic) bond motifs is 11. The van der Waals surface area contributed by atoms with Crippen LogP contribution in [0.5, 0.6) is 0 Å². The van der Waals surface area contributed by atoms with Gasteiger partial charge in [-0.1, -0.05) is 0 Å². The Bertz CT molecular complexity index is 1710. The van der Waals surface area contributed by atoms with Crippen molar-refractivity contribution in [1.82, 2.24) is 19.6 Å². The number of anilines is 2. The maximum absolute atomic E-state index is 14.6. The second-order valence-corrected chi connectivity index (χ2v) is 27.7. The Labute approximate surface area is 273 Å². The van der Waals surface area contributed by atoms with Crippen LogP contribution in [0.2, 0.25) is 0 Å². The summed E-state index contributed by atoms with van der Waals surface area (Å²) in [7, 11) is 9.52. The Morgan fingerprint density at radius 2 is 1.32 bits per heavy atom. The van der Waals surface area contributed by atoms with Gasteiger partial charge in [-0.2, -0.15) is 0 Å². The fourth-order valence-corrected chi connectivity index (χ4v) is 33.8. The quantitative estimate of drug-likeness (QED) is 0.178. The molecule has 44 heavy (non-hydrogen) atoms. The molecule has 4 bridgehead atoms. The van der Waals surface area contributed by atoms with Crippen molar-refractivity contribution >= 4 is 78.2 Å². The second-order valence-electron chi connectivity index (χ2n) is 12.9. The van der Waals surface area contributed by atoms with Gasteiger partial charge in [0.05, 0.1) is 0 Å². The zero-order chi connectivity index (χ0) is 30.4. The van der Waals surface area contributed by atoms with Crippen molar-refractivity contribution in [1.29, 1.82) is 0 Å². The molecule has 2 spiro atoms. The third-order valence-electron chi connectivity index (χ3n) is 11.2. The van der Waals surface area contributed by atoms with E-state index in [1.54, 1.807) is 23.9 Å². The van der Waals surface area contributed by atoms with Crippen LogP contribution in [0.25, 0.3) is 0 Å². The van der Waals surface area contributed by atoms with Gasteiger partial charge in [-0.25, -0.2) is 0 Å². The number of para-hydroxylation sites is 2. The summed E-state index contributed by atoms with van der Waals surface area (Å²) in [6.07, 6.45) is -0.0618. The predicted molar refractivity (Wildman–Crippen MR) is 169 cm³/mol. The van der Waals surface area contributed by atoms with Crippen LogP contribution in [0.4, 0.5) is 11.4 Å². The van der Waals surface area contributed by atoms with Crippen LogP contribution in [-0.4, -0.2) is 91.6 Å². The Balaban J connectivity index is 1.31. The molecule has 4 amide bonds. The van der Waals surface area contributed by atoms with Crippen molar-refractivity contribution in [3.05, 3.63) is 57.7 Å². The summed E-state index contributed by atoms with van der Waals surface area (Å²) in [6.45, 7) is 3.70. The van der Waals surface area contributed by atoms with Crippen LogP contribution in [0, 0.1) is 3.57 Å². The Morgan fingerprint density at radius 1 is 0.727 bits per heavy atom. The Hall–Kier alpha value is -1.95. The second kappa shape index (κ2) is 7.77. The fraction of sp³-hybridized carbons (Fsp3) is 0.448. The van der Waals surface area contributed by atoms with Gasteiger partial charge in [0.1, 0.15) is 0 Å². The van der Waals surface area contributed by atoms with Crippen molar-refractivity contribution in [2.45, 2.75) is 53.5 Å². The molecule has 2 aromatic rings. The van der Waals surface area contributed by atoms with Gasteiger partial charge >= 0.3 is 276 Å². The summed E-state index contributed by atoms with van der Waals surface area (Å²) in [5, 5.41) is 7.62. The normalized spacial score (nSPS) is 46.6. The molecular weight excluding hydrogens is 752 g/mol. The van der Waals surface area contributed by atoms with Gasteiger partial charge in [-0.15, -0.1) is 0 Å². The molecule has 10 nitrogen and oxygen atoms in total. The van der Waals surface area contributed by atoms with Gasteiger partial charge < -0.3 is 0 Å². The molecule has 10 aliphatic heterocycles. The van der Waals surface area contributed by atoms with E-state index in [2.05, 4.69) is 41.0 Å². The molecular formula is C29H28IN6O4S4-. The molecule has 10 aliphatic rings. The molecule has 2 unspecified atom stereocenters. The van der Waals surface area contributed by atoms with Crippen LogP contribution in [0.3, 0.4) is 0 Å². The third kappa shape index (κ3) is 2.41. The topological polar surface area (TPSA) is 105 Å². The minimum absolute atomic E-state index is 0.0358. The molecule has 230 valence electrons. The van der Waals surface area contributed by atoms with Crippen molar-refractivity contribution in [3.63, 3.8) is 0 Å². The van der Waals surface area contributed by atoms with Gasteiger partial charge in [0.25, 0.3) is 0 Å². The van der Waals surface area contributed by atoms with E-state index >= 15 is 0 Å². The van der Waals surface area contributed by atoms with Gasteiger partial charge in [-0.05, 0) is 0 Å². The number of hydrogen-bond acceptors (Lipinski definition) is 10. The van der Waals surface area contributed by atoms with Crippen molar-refractivity contribution < 1.29 is 37.6 Å². The number of nitrogens with one attached hydrogen (secondary N) is 2. The number of alkyl halides is 3. The zero-order valence-electron chi connectivity index (χ0n) is 24.1. The molecule has 0 aliphatic carbocycles. The van der Waals surface area contributed by atoms with E-state index in [-0.39, 0.29) is 23.6 Å². The van der Waals surface area contributed by atoms with Crippen LogP contribution in [0.15, 0.2) is 48.5 Å². The summed E-state index contributed by atoms with van der Waals surface area (Å²) < 4.78 is 0.652. The maximum atomic E-state index is 14.6. The van der Waals surface area contributed by atoms with E-state index in [1.807, 2.05) is 41.8 Å². The summed E-state index contributed by atoms with van der Waals surface area (Å²) >= 11 is -3.90. The first-order valence-corrected chi connectivity index (χ1v) is 23.6. The molecule has 0 radical (unpaired) electrons. The zero-order valence-corrected chi connectivity index (χ0v) is 29.5. The summed E-state index contributed by atoms with van der Waals surface area (Å²) in [5.74, 6) is -0.205. The molecule has 12 rings (SSSR count). The minimum atomic E-state index is -3.90. The summed E-state index contributed by atoms with van der Waals surface area (Å²) in [4.78, 5) is 61.1. The van der Waals surface area contributed by atoms with Crippen LogP contribution in [0.1, 0.15) is 25.8 Å². The molecule has 8 saturated heterocycles. The molecule has 8 atom stereocenters. The molecule has 2 aromatic carbocycles. The molecule has 15 heteroatoms. The third-order valence-corrected chi connectivity index (χ3v) is 32.3. The fourth-order valence-electron chi connectivity index (χ4n) is 8.79. The predicted octanol–water partition coefficient (Wildman–Crippen LogP) is 0.00630. The number of rotatable bonds is 1. The van der Waals surface area contributed by atoms with Crippen molar-refractivity contribution in [3.8, 4) is 0 Å². The Morgan fingerprint density at radius 3 is 2.05 bits per heavy atom. The van der Waals surface area contributed by atoms with E-state index in [4.69, 9.17) is 0 Å². The molecule has 10 heterocycles. The number of halogens is 1. The standard InChI is InChI=1S/C29H28IN6O4S4/c1-25-20(37)35-19-27(15-9-5-7-11-17(15)31-19,13-28(35,43-41-25)22(39)33(25)3)30-14-29-23(40)34(4)26(2,42-44-29)21(38)36(29)24(30)32-18-12-8-6-10-16(18)30/h5-12,19,24,31-32H,13-14H2,1-4H3/q-1/t19-,24-,25-,26-,27?,28+,29+/m1/s1. The first-order valence-electron chi connectivity index (χ1n) is 14.4. The number of carbonyl (C=O) groups excluding carboxylic acids is 4. The van der Waals surface area contributed by atoms with E-state index in [0.29, 0.717) is 10.8 Å². The van der Waals surface area contributed by atoms with Crippen LogP contribution >= 0.6 is 43.2 Å². The van der Waals surface area contributed by atoms with Crippen molar-refractivity contribution in [2.24, 2.45) is 0 Å². The first-order chi connectivity index (χ1) is 20.9. The van der Waals surface area contributed by atoms with Gasteiger partial charge in [0.2, 0.25) is 0 Å². The number of likely N-dealkylation sites (N-methyl/N-ethyl adjacent to an activating group) is 2. The van der Waals surface area contributed by atoms with Gasteiger partial charge in [0, 0.05) is 0 Å². The number of hydrogen-bond donors (Lipinski definition) is 2. The number of carbonyl (C=O) groups is 4. The van der Waals surface area contributed by atoms with E-state index in [0.717, 1.165) is 16.9 Å². The average molecular weight is 780 g/mol. The number of piperazine rings is 2. The number of amides is 4. The summed E-state index contributed by atoms with van der Waals surface area (Å²) in [5.41, 5.74) is 3.05. The molecule has 0 aromatic heterocycles. The first kappa shape index (κ1) is 27.2. The summed E-state index contributed by atoms with van der Waals surface area (Å²) in [6, 6.07) is 16.6. The van der Waals surface area contributed by atoms with E-state index in [9.17, 15) is 19.2 Å². The van der Waals surface area contributed by atoms with Gasteiger partial charge in [-0.3, -0.25) is 0 Å². The molecule has 2 N–H and O–H groups in total. The van der Waals surface area contributed by atoms with Gasteiger partial charge in [0.15, 0.2) is 0 Å². The SMILES string of the molecule is CN1C(=O)[C@@]23CC4([I-]56C[C@@]78SS[C@](C)(C(=O)N7[C@H]5Nc5ccccc56)N(C)C8=O)c5ccccc5N[C@@H]4N2C(=O)[C@@]1(C)SS3. The molecule has 8 fully saturated rings. The Kier molecular flexibility index (Phi) is 4.80.